The third-order valence-corrected chi connectivity index (χ3v) is 4.04. The Bertz CT molecular complexity index is 536. The van der Waals surface area contributed by atoms with Crippen LogP contribution in [0.5, 0.6) is 0 Å². The van der Waals surface area contributed by atoms with Gasteiger partial charge in [-0.1, -0.05) is 81.4 Å². The topological polar surface area (TPSA) is 29.1 Å². The number of rotatable bonds is 5. The summed E-state index contributed by atoms with van der Waals surface area (Å²) in [5.41, 5.74) is 1.84. The Balaban J connectivity index is 2.32. The fourth-order valence-corrected chi connectivity index (χ4v) is 2.14. The Morgan fingerprint density at radius 1 is 0.952 bits per heavy atom. The smallest absolute Gasteiger partial charge is 0.226 e. The third-order valence-electron chi connectivity index (χ3n) is 4.04. The molecule has 2 rings (SSSR count). The average molecular weight is 281 g/mol. The predicted molar refractivity (Wildman–Crippen MR) is 86.9 cm³/mol. The highest BCUT2D eigenvalue weighted by Gasteiger charge is 2.28. The van der Waals surface area contributed by atoms with Gasteiger partial charge in [-0.05, 0) is 17.5 Å². The average Bonchev–Trinajstić information content (AvgIpc) is 2.54. The van der Waals surface area contributed by atoms with Crippen molar-refractivity contribution in [2.24, 2.45) is 5.41 Å². The first-order chi connectivity index (χ1) is 10.0. The van der Waals surface area contributed by atoms with Crippen molar-refractivity contribution in [2.45, 2.75) is 33.2 Å². The summed E-state index contributed by atoms with van der Waals surface area (Å²) in [5, 5.41) is 3.20. The van der Waals surface area contributed by atoms with Crippen LogP contribution in [0.15, 0.2) is 60.7 Å². The maximum Gasteiger partial charge on any atom is 0.226 e. The molecule has 0 atom stereocenters. The molecule has 0 bridgehead atoms. The fraction of sp³-hybridized carbons (Fsp3) is 0.316. The molecular weight excluding hydrogens is 258 g/mol. The molecule has 2 heteroatoms. The van der Waals surface area contributed by atoms with E-state index < -0.39 is 0 Å². The number of benzene rings is 2. The zero-order valence-corrected chi connectivity index (χ0v) is 13.0. The molecule has 0 aliphatic carbocycles. The first-order valence-corrected chi connectivity index (χ1v) is 7.45. The summed E-state index contributed by atoms with van der Waals surface area (Å²) in [6, 6.07) is 20.1. The minimum Gasteiger partial charge on any atom is -0.345 e. The van der Waals surface area contributed by atoms with E-state index in [1.54, 1.807) is 0 Å². The Morgan fingerprint density at radius 3 is 1.76 bits per heavy atom. The highest BCUT2D eigenvalue weighted by molar-refractivity contribution is 5.82. The molecule has 0 unspecified atom stereocenters. The first kappa shape index (κ1) is 15.3. The molecule has 1 amide bonds. The van der Waals surface area contributed by atoms with E-state index in [0.29, 0.717) is 0 Å². The maximum absolute atomic E-state index is 12.5. The van der Waals surface area contributed by atoms with Crippen LogP contribution in [0.3, 0.4) is 0 Å². The largest absolute Gasteiger partial charge is 0.345 e. The normalized spacial score (nSPS) is 11.4. The van der Waals surface area contributed by atoms with Crippen molar-refractivity contribution in [3.05, 3.63) is 71.8 Å². The molecule has 2 aromatic carbocycles. The van der Waals surface area contributed by atoms with Gasteiger partial charge in [-0.15, -0.1) is 0 Å². The number of nitrogens with one attached hydrogen (secondary N) is 1. The third kappa shape index (κ3) is 3.72. The van der Waals surface area contributed by atoms with Crippen LogP contribution in [-0.4, -0.2) is 5.91 Å². The van der Waals surface area contributed by atoms with Crippen LogP contribution in [0, 0.1) is 5.41 Å². The number of amides is 1. The van der Waals surface area contributed by atoms with E-state index in [4.69, 9.17) is 0 Å². The molecule has 21 heavy (non-hydrogen) atoms. The molecule has 0 aliphatic heterocycles. The standard InChI is InChI=1S/C19H23NO/c1-4-19(2,3)18(21)20-17(15-11-7-5-8-12-15)16-13-9-6-10-14-16/h5-14,17H,4H2,1-3H3,(H,20,21). The van der Waals surface area contributed by atoms with Crippen LogP contribution in [0.2, 0.25) is 0 Å². The minimum absolute atomic E-state index is 0.0858. The minimum atomic E-state index is -0.359. The summed E-state index contributed by atoms with van der Waals surface area (Å²) >= 11 is 0. The molecule has 0 aromatic heterocycles. The fourth-order valence-electron chi connectivity index (χ4n) is 2.14. The van der Waals surface area contributed by atoms with Gasteiger partial charge in [0.05, 0.1) is 6.04 Å². The number of hydrogen-bond acceptors (Lipinski definition) is 1. The van der Waals surface area contributed by atoms with Crippen molar-refractivity contribution in [1.29, 1.82) is 0 Å². The zero-order chi connectivity index (χ0) is 15.3. The Hall–Kier alpha value is -2.09. The molecule has 0 aliphatic rings. The summed E-state index contributed by atoms with van der Waals surface area (Å²) in [7, 11) is 0. The second-order valence-electron chi connectivity index (χ2n) is 5.97. The molecular formula is C19H23NO. The van der Waals surface area contributed by atoms with E-state index >= 15 is 0 Å². The monoisotopic (exact) mass is 281 g/mol. The molecule has 0 saturated carbocycles. The molecule has 110 valence electrons. The summed E-state index contributed by atoms with van der Waals surface area (Å²) < 4.78 is 0. The van der Waals surface area contributed by atoms with Gasteiger partial charge in [0.2, 0.25) is 5.91 Å². The van der Waals surface area contributed by atoms with Gasteiger partial charge in [-0.2, -0.15) is 0 Å². The Kier molecular flexibility index (Phi) is 4.79. The lowest BCUT2D eigenvalue weighted by Gasteiger charge is -2.27. The molecule has 0 radical (unpaired) electrons. The van der Waals surface area contributed by atoms with Gasteiger partial charge in [0.15, 0.2) is 0 Å². The van der Waals surface area contributed by atoms with Gasteiger partial charge < -0.3 is 5.32 Å². The van der Waals surface area contributed by atoms with E-state index in [9.17, 15) is 4.79 Å². The zero-order valence-electron chi connectivity index (χ0n) is 13.0. The van der Waals surface area contributed by atoms with E-state index in [-0.39, 0.29) is 17.4 Å². The van der Waals surface area contributed by atoms with Crippen molar-refractivity contribution in [1.82, 2.24) is 5.32 Å². The van der Waals surface area contributed by atoms with E-state index in [2.05, 4.69) is 29.6 Å². The van der Waals surface area contributed by atoms with Gasteiger partial charge in [0, 0.05) is 5.41 Å². The molecule has 2 aromatic rings. The van der Waals surface area contributed by atoms with Crippen LogP contribution in [0.4, 0.5) is 0 Å². The first-order valence-electron chi connectivity index (χ1n) is 7.45. The highest BCUT2D eigenvalue weighted by Crippen LogP contribution is 2.26. The van der Waals surface area contributed by atoms with Crippen molar-refractivity contribution < 1.29 is 4.79 Å². The predicted octanol–water partition coefficient (Wildman–Crippen LogP) is 4.33. The molecule has 0 saturated heterocycles. The summed E-state index contributed by atoms with van der Waals surface area (Å²) in [6.07, 6.45) is 0.815. The summed E-state index contributed by atoms with van der Waals surface area (Å²) in [5.74, 6) is 0.0858. The second kappa shape index (κ2) is 6.57. The van der Waals surface area contributed by atoms with Gasteiger partial charge in [0.1, 0.15) is 0 Å². The lowest BCUT2D eigenvalue weighted by atomic mass is 9.88. The van der Waals surface area contributed by atoms with Crippen molar-refractivity contribution in [3.8, 4) is 0 Å². The van der Waals surface area contributed by atoms with E-state index in [1.807, 2.05) is 57.2 Å². The van der Waals surface area contributed by atoms with Crippen LogP contribution in [0.1, 0.15) is 44.4 Å². The molecule has 0 fully saturated rings. The lowest BCUT2D eigenvalue weighted by Crippen LogP contribution is -2.39. The van der Waals surface area contributed by atoms with Gasteiger partial charge in [0.25, 0.3) is 0 Å². The van der Waals surface area contributed by atoms with Crippen molar-refractivity contribution in [3.63, 3.8) is 0 Å². The van der Waals surface area contributed by atoms with Crippen molar-refractivity contribution >= 4 is 5.91 Å². The SMILES string of the molecule is CCC(C)(C)C(=O)NC(c1ccccc1)c1ccccc1. The molecule has 0 heterocycles. The molecule has 0 spiro atoms. The maximum atomic E-state index is 12.5. The van der Waals surface area contributed by atoms with E-state index in [0.717, 1.165) is 17.5 Å². The number of carbonyl (C=O) groups excluding carboxylic acids is 1. The number of hydrogen-bond donors (Lipinski definition) is 1. The second-order valence-corrected chi connectivity index (χ2v) is 5.97. The Morgan fingerprint density at radius 2 is 1.38 bits per heavy atom. The van der Waals surface area contributed by atoms with Crippen LogP contribution >= 0.6 is 0 Å². The van der Waals surface area contributed by atoms with Crippen LogP contribution < -0.4 is 5.32 Å². The lowest BCUT2D eigenvalue weighted by molar-refractivity contribution is -0.130. The Labute approximate surface area is 127 Å². The van der Waals surface area contributed by atoms with Crippen LogP contribution in [0.25, 0.3) is 0 Å². The highest BCUT2D eigenvalue weighted by atomic mass is 16.2. The van der Waals surface area contributed by atoms with E-state index in [1.165, 1.54) is 0 Å². The van der Waals surface area contributed by atoms with Gasteiger partial charge >= 0.3 is 0 Å². The van der Waals surface area contributed by atoms with Crippen molar-refractivity contribution in [2.75, 3.05) is 0 Å². The van der Waals surface area contributed by atoms with Gasteiger partial charge in [-0.25, -0.2) is 0 Å². The molecule has 2 nitrogen and oxygen atoms in total. The number of carbonyl (C=O) groups is 1. The quantitative estimate of drug-likeness (QED) is 0.868. The summed E-state index contributed by atoms with van der Waals surface area (Å²) in [4.78, 5) is 12.5. The van der Waals surface area contributed by atoms with Gasteiger partial charge in [-0.3, -0.25) is 4.79 Å². The molecule has 1 N–H and O–H groups in total. The van der Waals surface area contributed by atoms with Crippen LogP contribution in [-0.2, 0) is 4.79 Å². The summed E-state index contributed by atoms with van der Waals surface area (Å²) in [6.45, 7) is 6.00.